The number of nitro groups is 1. The molecule has 1 fully saturated rings. The van der Waals surface area contributed by atoms with Crippen LogP contribution in [0.5, 0.6) is 11.6 Å². The Bertz CT molecular complexity index is 894. The fourth-order valence-corrected chi connectivity index (χ4v) is 3.20. The van der Waals surface area contributed by atoms with Crippen LogP contribution in [0.3, 0.4) is 0 Å². The topological polar surface area (TPSA) is 108 Å². The van der Waals surface area contributed by atoms with Gasteiger partial charge in [-0.05, 0) is 49.9 Å². The van der Waals surface area contributed by atoms with Crippen molar-refractivity contribution < 1.29 is 19.2 Å². The van der Waals surface area contributed by atoms with Gasteiger partial charge in [-0.1, -0.05) is 6.07 Å². The molecule has 28 heavy (non-hydrogen) atoms. The first kappa shape index (κ1) is 19.5. The fourth-order valence-electron chi connectivity index (χ4n) is 3.20. The van der Waals surface area contributed by atoms with Crippen LogP contribution in [0, 0.1) is 29.9 Å². The lowest BCUT2D eigenvalue weighted by Crippen LogP contribution is -2.37. The summed E-state index contributed by atoms with van der Waals surface area (Å²) in [6.45, 7) is 4.83. The number of ether oxygens (including phenoxy) is 2. The number of aromatic nitrogens is 2. The molecule has 0 unspecified atom stereocenters. The van der Waals surface area contributed by atoms with Gasteiger partial charge in [0, 0.05) is 13.1 Å². The zero-order valence-electron chi connectivity index (χ0n) is 16.0. The summed E-state index contributed by atoms with van der Waals surface area (Å²) < 4.78 is 10.5. The van der Waals surface area contributed by atoms with E-state index < -0.39 is 4.92 Å². The molecule has 0 amide bonds. The predicted octanol–water partition coefficient (Wildman–Crippen LogP) is 3.18. The maximum absolute atomic E-state index is 11.8. The van der Waals surface area contributed by atoms with Gasteiger partial charge >= 0.3 is 17.5 Å². The summed E-state index contributed by atoms with van der Waals surface area (Å²) in [6.07, 6.45) is 2.34. The van der Waals surface area contributed by atoms with Crippen molar-refractivity contribution in [3.05, 3.63) is 45.8 Å². The van der Waals surface area contributed by atoms with Crippen LogP contribution >= 0.6 is 0 Å². The average molecular weight is 386 g/mol. The first-order valence-corrected chi connectivity index (χ1v) is 8.98. The number of hydrogen-bond donors (Lipinski definition) is 0. The van der Waals surface area contributed by atoms with Crippen molar-refractivity contribution in [3.8, 4) is 11.6 Å². The third-order valence-corrected chi connectivity index (χ3v) is 4.97. The van der Waals surface area contributed by atoms with Gasteiger partial charge in [0.15, 0.2) is 0 Å². The minimum Gasteiger partial charge on any atom is -0.469 e. The van der Waals surface area contributed by atoms with E-state index in [1.807, 2.05) is 26.0 Å². The van der Waals surface area contributed by atoms with Crippen molar-refractivity contribution in [2.24, 2.45) is 5.92 Å². The highest BCUT2D eigenvalue weighted by Gasteiger charge is 2.33. The summed E-state index contributed by atoms with van der Waals surface area (Å²) in [5, 5.41) is 11.8. The summed E-state index contributed by atoms with van der Waals surface area (Å²) in [6, 6.07) is 5.44. The van der Waals surface area contributed by atoms with Crippen LogP contribution in [0.4, 0.5) is 11.5 Å². The molecule has 1 aromatic carbocycles. The molecule has 9 nitrogen and oxygen atoms in total. The number of piperidine rings is 1. The molecule has 1 aliphatic rings. The number of esters is 1. The van der Waals surface area contributed by atoms with E-state index in [-0.39, 0.29) is 29.3 Å². The Morgan fingerprint density at radius 2 is 1.93 bits per heavy atom. The number of hydrogen-bond acceptors (Lipinski definition) is 8. The fraction of sp³-hybridized carbons (Fsp3) is 0.421. The number of benzene rings is 1. The maximum atomic E-state index is 11.8. The highest BCUT2D eigenvalue weighted by molar-refractivity contribution is 5.73. The Labute approximate surface area is 162 Å². The second-order valence-electron chi connectivity index (χ2n) is 6.74. The highest BCUT2D eigenvalue weighted by atomic mass is 16.6. The number of rotatable bonds is 5. The van der Waals surface area contributed by atoms with Gasteiger partial charge in [0.25, 0.3) is 0 Å². The van der Waals surface area contributed by atoms with Crippen LogP contribution in [0.25, 0.3) is 0 Å². The molecule has 0 saturated carbocycles. The van der Waals surface area contributed by atoms with Gasteiger partial charge in [-0.25, -0.2) is 4.98 Å². The highest BCUT2D eigenvalue weighted by Crippen LogP contribution is 2.37. The van der Waals surface area contributed by atoms with Gasteiger partial charge in [0.05, 0.1) is 18.0 Å². The summed E-state index contributed by atoms with van der Waals surface area (Å²) in [5.74, 6) is 0.111. The molecular formula is C19H22N4O5. The molecule has 3 rings (SSSR count). The van der Waals surface area contributed by atoms with Gasteiger partial charge in [-0.3, -0.25) is 14.9 Å². The van der Waals surface area contributed by atoms with Crippen molar-refractivity contribution in [2.45, 2.75) is 26.7 Å². The average Bonchev–Trinajstić information content (AvgIpc) is 2.70. The number of methoxy groups -OCH3 is 1. The molecule has 2 aromatic rings. The first-order valence-electron chi connectivity index (χ1n) is 8.98. The zero-order chi connectivity index (χ0) is 20.3. The molecule has 0 radical (unpaired) electrons. The number of nitrogens with zero attached hydrogens (tertiary/aromatic N) is 4. The minimum absolute atomic E-state index is 0.103. The number of carbonyl (C=O) groups excluding carboxylic acids is 1. The Hall–Kier alpha value is -3.23. The lowest BCUT2D eigenvalue weighted by molar-refractivity contribution is -0.385. The molecule has 148 valence electrons. The van der Waals surface area contributed by atoms with Crippen molar-refractivity contribution in [2.75, 3.05) is 25.1 Å². The standard InChI is InChI=1S/C19H22N4O5/c1-12-4-5-15(10-13(12)2)28-18-16(23(25)26)17(20-11-21-18)22-8-6-14(7-9-22)19(24)27-3/h4-5,10-11,14H,6-9H2,1-3H3. The van der Waals surface area contributed by atoms with E-state index in [0.29, 0.717) is 31.7 Å². The third kappa shape index (κ3) is 4.03. The van der Waals surface area contributed by atoms with Gasteiger partial charge in [0.1, 0.15) is 12.1 Å². The predicted molar refractivity (Wildman–Crippen MR) is 102 cm³/mol. The van der Waals surface area contributed by atoms with Crippen molar-refractivity contribution in [1.29, 1.82) is 0 Å². The molecule has 1 aliphatic heterocycles. The van der Waals surface area contributed by atoms with Gasteiger partial charge in [-0.2, -0.15) is 4.98 Å². The zero-order valence-corrected chi connectivity index (χ0v) is 16.0. The van der Waals surface area contributed by atoms with Crippen LogP contribution < -0.4 is 9.64 Å². The number of anilines is 1. The van der Waals surface area contributed by atoms with E-state index in [1.165, 1.54) is 13.4 Å². The van der Waals surface area contributed by atoms with Crippen LogP contribution in [-0.4, -0.2) is 41.1 Å². The van der Waals surface area contributed by atoms with E-state index in [1.54, 1.807) is 11.0 Å². The summed E-state index contributed by atoms with van der Waals surface area (Å²) in [5.41, 5.74) is 1.83. The van der Waals surface area contributed by atoms with Crippen molar-refractivity contribution in [1.82, 2.24) is 9.97 Å². The quantitative estimate of drug-likeness (QED) is 0.438. The Kier molecular flexibility index (Phi) is 5.72. The van der Waals surface area contributed by atoms with E-state index in [2.05, 4.69) is 9.97 Å². The first-order chi connectivity index (χ1) is 13.4. The molecule has 1 aromatic heterocycles. The van der Waals surface area contributed by atoms with E-state index in [0.717, 1.165) is 11.1 Å². The summed E-state index contributed by atoms with van der Waals surface area (Å²) in [4.78, 5) is 32.8. The van der Waals surface area contributed by atoms with E-state index >= 15 is 0 Å². The molecule has 1 saturated heterocycles. The largest absolute Gasteiger partial charge is 0.469 e. The van der Waals surface area contributed by atoms with Crippen LogP contribution in [-0.2, 0) is 9.53 Å². The number of carbonyl (C=O) groups is 1. The SMILES string of the molecule is COC(=O)C1CCN(c2ncnc(Oc3ccc(C)c(C)c3)c2[N+](=O)[O-])CC1. The summed E-state index contributed by atoms with van der Waals surface area (Å²) in [7, 11) is 1.36. The molecule has 0 aliphatic carbocycles. The smallest absolute Gasteiger partial charge is 0.373 e. The van der Waals surface area contributed by atoms with E-state index in [9.17, 15) is 14.9 Å². The van der Waals surface area contributed by atoms with Crippen LogP contribution in [0.1, 0.15) is 24.0 Å². The van der Waals surface area contributed by atoms with E-state index in [4.69, 9.17) is 9.47 Å². The normalized spacial score (nSPS) is 14.6. The van der Waals surface area contributed by atoms with Gasteiger partial charge < -0.3 is 14.4 Å². The van der Waals surface area contributed by atoms with Crippen LogP contribution in [0.15, 0.2) is 24.5 Å². The third-order valence-electron chi connectivity index (χ3n) is 4.97. The van der Waals surface area contributed by atoms with Gasteiger partial charge in [-0.15, -0.1) is 0 Å². The lowest BCUT2D eigenvalue weighted by Gasteiger charge is -2.31. The maximum Gasteiger partial charge on any atom is 0.373 e. The molecule has 2 heterocycles. The Morgan fingerprint density at radius 3 is 2.54 bits per heavy atom. The van der Waals surface area contributed by atoms with Crippen molar-refractivity contribution >= 4 is 17.5 Å². The molecule has 0 atom stereocenters. The lowest BCUT2D eigenvalue weighted by atomic mass is 9.97. The molecule has 0 spiro atoms. The molecule has 0 bridgehead atoms. The molecule has 0 N–H and O–H groups in total. The molecule has 9 heteroatoms. The second-order valence-corrected chi connectivity index (χ2v) is 6.74. The number of aryl methyl sites for hydroxylation is 2. The molecular weight excluding hydrogens is 364 g/mol. The monoisotopic (exact) mass is 386 g/mol. The Morgan fingerprint density at radius 1 is 1.21 bits per heavy atom. The van der Waals surface area contributed by atoms with Crippen LogP contribution in [0.2, 0.25) is 0 Å². The second kappa shape index (κ2) is 8.20. The summed E-state index contributed by atoms with van der Waals surface area (Å²) >= 11 is 0. The minimum atomic E-state index is -0.530. The van der Waals surface area contributed by atoms with Crippen molar-refractivity contribution in [3.63, 3.8) is 0 Å². The van der Waals surface area contributed by atoms with Gasteiger partial charge in [0.2, 0.25) is 5.82 Å². The Balaban J connectivity index is 1.87.